The minimum atomic E-state index is 0.526. The molecule has 0 amide bonds. The quantitative estimate of drug-likeness (QED) is 0.764. The summed E-state index contributed by atoms with van der Waals surface area (Å²) in [5.41, 5.74) is 2.49. The van der Waals surface area contributed by atoms with Crippen LogP contribution in [0, 0.1) is 0 Å². The monoisotopic (exact) mass is 201 g/mol. The Kier molecular flexibility index (Phi) is 1.99. The lowest BCUT2D eigenvalue weighted by atomic mass is 10.1. The van der Waals surface area contributed by atoms with E-state index in [4.69, 9.17) is 0 Å². The zero-order valence-corrected chi connectivity index (χ0v) is 8.90. The fraction of sp³-hybridized carbons (Fsp3) is 0.417. The molecule has 3 heteroatoms. The fourth-order valence-electron chi connectivity index (χ4n) is 2.47. The van der Waals surface area contributed by atoms with Crippen molar-refractivity contribution in [1.29, 1.82) is 0 Å². The minimum absolute atomic E-state index is 0.526. The van der Waals surface area contributed by atoms with Crippen molar-refractivity contribution in [3.8, 4) is 0 Å². The van der Waals surface area contributed by atoms with Crippen LogP contribution >= 0.6 is 0 Å². The first-order chi connectivity index (χ1) is 7.36. The van der Waals surface area contributed by atoms with Crippen molar-refractivity contribution >= 4 is 11.0 Å². The topological polar surface area (TPSA) is 29.9 Å². The van der Waals surface area contributed by atoms with Gasteiger partial charge in [0.2, 0.25) is 0 Å². The van der Waals surface area contributed by atoms with E-state index < -0.39 is 0 Å². The lowest BCUT2D eigenvalue weighted by Crippen LogP contribution is -2.12. The predicted octanol–water partition coefficient (Wildman–Crippen LogP) is 2.00. The van der Waals surface area contributed by atoms with E-state index in [2.05, 4.69) is 34.2 Å². The van der Waals surface area contributed by atoms with Gasteiger partial charge in [-0.1, -0.05) is 0 Å². The molecule has 3 heterocycles. The van der Waals surface area contributed by atoms with Crippen molar-refractivity contribution < 1.29 is 0 Å². The second kappa shape index (κ2) is 3.35. The molecule has 1 N–H and O–H groups in total. The van der Waals surface area contributed by atoms with Gasteiger partial charge in [-0.15, -0.1) is 0 Å². The van der Waals surface area contributed by atoms with Crippen LogP contribution in [0.25, 0.3) is 11.0 Å². The highest BCUT2D eigenvalue weighted by Gasteiger charge is 2.20. The molecule has 0 saturated carbocycles. The van der Waals surface area contributed by atoms with Crippen LogP contribution in [0.15, 0.2) is 24.5 Å². The average Bonchev–Trinajstić information content (AvgIpc) is 2.87. The zero-order valence-electron chi connectivity index (χ0n) is 8.90. The summed E-state index contributed by atoms with van der Waals surface area (Å²) >= 11 is 0. The number of aromatic nitrogens is 2. The molecule has 0 radical (unpaired) electrons. The first-order valence-electron chi connectivity index (χ1n) is 5.49. The van der Waals surface area contributed by atoms with Gasteiger partial charge < -0.3 is 9.88 Å². The number of nitrogens with one attached hydrogen (secondary N) is 1. The van der Waals surface area contributed by atoms with Crippen molar-refractivity contribution in [2.45, 2.75) is 18.9 Å². The molecule has 1 fully saturated rings. The molecule has 78 valence electrons. The van der Waals surface area contributed by atoms with Gasteiger partial charge in [-0.3, -0.25) is 0 Å². The largest absolute Gasteiger partial charge is 0.335 e. The summed E-state index contributed by atoms with van der Waals surface area (Å²) in [5.74, 6) is 0. The zero-order chi connectivity index (χ0) is 10.3. The van der Waals surface area contributed by atoms with E-state index in [-0.39, 0.29) is 0 Å². The van der Waals surface area contributed by atoms with E-state index in [0.717, 1.165) is 12.2 Å². The van der Waals surface area contributed by atoms with E-state index in [1.807, 2.05) is 12.3 Å². The smallest absolute Gasteiger partial charge is 0.139 e. The van der Waals surface area contributed by atoms with E-state index in [9.17, 15) is 0 Å². The summed E-state index contributed by atoms with van der Waals surface area (Å²) in [6, 6.07) is 4.70. The van der Waals surface area contributed by atoms with Crippen LogP contribution in [-0.4, -0.2) is 16.1 Å². The third-order valence-electron chi connectivity index (χ3n) is 3.20. The molecule has 2 aromatic heterocycles. The molecule has 0 aromatic carbocycles. The minimum Gasteiger partial charge on any atom is -0.335 e. The van der Waals surface area contributed by atoms with Crippen molar-refractivity contribution in [2.75, 3.05) is 6.54 Å². The van der Waals surface area contributed by atoms with Crippen LogP contribution in [0.5, 0.6) is 0 Å². The van der Waals surface area contributed by atoms with Crippen molar-refractivity contribution in [3.63, 3.8) is 0 Å². The lowest BCUT2D eigenvalue weighted by molar-refractivity contribution is 0.650. The Bertz CT molecular complexity index is 481. The summed E-state index contributed by atoms with van der Waals surface area (Å²) in [6.45, 7) is 1.14. The summed E-state index contributed by atoms with van der Waals surface area (Å²) in [4.78, 5) is 4.41. The highest BCUT2D eigenvalue weighted by Crippen LogP contribution is 2.29. The van der Waals surface area contributed by atoms with Crippen LogP contribution in [0.1, 0.15) is 24.4 Å². The first kappa shape index (κ1) is 8.92. The maximum Gasteiger partial charge on any atom is 0.139 e. The van der Waals surface area contributed by atoms with E-state index in [0.29, 0.717) is 6.04 Å². The van der Waals surface area contributed by atoms with Gasteiger partial charge in [0.05, 0.1) is 0 Å². The SMILES string of the molecule is Cn1cc(C2CCCN2)c2cccnc21. The third kappa shape index (κ3) is 1.35. The maximum atomic E-state index is 4.41. The third-order valence-corrected chi connectivity index (χ3v) is 3.20. The molecule has 0 spiro atoms. The molecule has 0 bridgehead atoms. The predicted molar refractivity (Wildman–Crippen MR) is 60.7 cm³/mol. The van der Waals surface area contributed by atoms with Gasteiger partial charge in [0.15, 0.2) is 0 Å². The first-order valence-corrected chi connectivity index (χ1v) is 5.49. The van der Waals surface area contributed by atoms with Gasteiger partial charge in [-0.2, -0.15) is 0 Å². The molecule has 1 saturated heterocycles. The molecule has 0 aliphatic carbocycles. The Labute approximate surface area is 89.1 Å². The van der Waals surface area contributed by atoms with Crippen molar-refractivity contribution in [3.05, 3.63) is 30.1 Å². The number of nitrogens with zero attached hydrogens (tertiary/aromatic N) is 2. The van der Waals surface area contributed by atoms with E-state index in [1.165, 1.54) is 23.8 Å². The Morgan fingerprint density at radius 1 is 1.53 bits per heavy atom. The molecule has 1 aliphatic heterocycles. The molecule has 1 atom stereocenters. The second-order valence-electron chi connectivity index (χ2n) is 4.22. The molecule has 1 aliphatic rings. The standard InChI is InChI=1S/C12H15N3/c1-15-8-10(11-5-3-6-13-11)9-4-2-7-14-12(9)15/h2,4,7-8,11,13H,3,5-6H2,1H3. The number of hydrogen-bond donors (Lipinski definition) is 1. The van der Waals surface area contributed by atoms with Crippen molar-refractivity contribution in [2.24, 2.45) is 7.05 Å². The normalized spacial score (nSPS) is 21.3. The number of aryl methyl sites for hydroxylation is 1. The Morgan fingerprint density at radius 2 is 2.47 bits per heavy atom. The second-order valence-corrected chi connectivity index (χ2v) is 4.22. The Balaban J connectivity index is 2.17. The van der Waals surface area contributed by atoms with Gasteiger partial charge in [0.25, 0.3) is 0 Å². The summed E-state index contributed by atoms with van der Waals surface area (Å²) in [6.07, 6.45) is 6.59. The van der Waals surface area contributed by atoms with E-state index in [1.54, 1.807) is 0 Å². The molecule has 3 rings (SSSR count). The van der Waals surface area contributed by atoms with Gasteiger partial charge in [-0.25, -0.2) is 4.98 Å². The van der Waals surface area contributed by atoms with Gasteiger partial charge in [-0.05, 0) is 37.1 Å². The molecule has 3 nitrogen and oxygen atoms in total. The molecule has 1 unspecified atom stereocenters. The van der Waals surface area contributed by atoms with Crippen LogP contribution < -0.4 is 5.32 Å². The molecular formula is C12H15N3. The number of rotatable bonds is 1. The fourth-order valence-corrected chi connectivity index (χ4v) is 2.47. The van der Waals surface area contributed by atoms with Crippen molar-refractivity contribution in [1.82, 2.24) is 14.9 Å². The molecule has 2 aromatic rings. The van der Waals surface area contributed by atoms with Crippen LogP contribution in [-0.2, 0) is 7.05 Å². The molecular weight excluding hydrogens is 186 g/mol. The van der Waals surface area contributed by atoms with Gasteiger partial charge in [0.1, 0.15) is 5.65 Å². The average molecular weight is 201 g/mol. The number of pyridine rings is 1. The molecule has 15 heavy (non-hydrogen) atoms. The Hall–Kier alpha value is -1.35. The lowest BCUT2D eigenvalue weighted by Gasteiger charge is -2.07. The summed E-state index contributed by atoms with van der Waals surface area (Å²) in [7, 11) is 2.06. The Morgan fingerprint density at radius 3 is 3.27 bits per heavy atom. The highest BCUT2D eigenvalue weighted by atomic mass is 15.0. The van der Waals surface area contributed by atoms with E-state index >= 15 is 0 Å². The van der Waals surface area contributed by atoms with Crippen LogP contribution in [0.3, 0.4) is 0 Å². The van der Waals surface area contributed by atoms with Crippen LogP contribution in [0.2, 0.25) is 0 Å². The highest BCUT2D eigenvalue weighted by molar-refractivity contribution is 5.80. The number of hydrogen-bond acceptors (Lipinski definition) is 2. The van der Waals surface area contributed by atoms with Crippen LogP contribution in [0.4, 0.5) is 0 Å². The number of fused-ring (bicyclic) bond motifs is 1. The van der Waals surface area contributed by atoms with Gasteiger partial charge >= 0.3 is 0 Å². The summed E-state index contributed by atoms with van der Waals surface area (Å²) < 4.78 is 2.12. The van der Waals surface area contributed by atoms with Gasteiger partial charge in [0, 0.05) is 30.9 Å². The maximum absolute atomic E-state index is 4.41. The summed E-state index contributed by atoms with van der Waals surface area (Å²) in [5, 5.41) is 4.83.